The molecule has 1 saturated heterocycles. The molecule has 0 aliphatic carbocycles. The Labute approximate surface area is 127 Å². The van der Waals surface area contributed by atoms with E-state index in [4.69, 9.17) is 0 Å². The number of likely N-dealkylation sites (tertiary alicyclic amines) is 1. The molecule has 1 aliphatic rings. The number of phenols is 1. The number of amides is 1. The first kappa shape index (κ1) is 15.8. The second kappa shape index (κ2) is 5.64. The lowest BCUT2D eigenvalue weighted by molar-refractivity contribution is -0.385. The van der Waals surface area contributed by atoms with E-state index in [2.05, 4.69) is 6.07 Å². The van der Waals surface area contributed by atoms with Gasteiger partial charge in [-0.15, -0.1) is 0 Å². The van der Waals surface area contributed by atoms with Crippen LogP contribution in [0.15, 0.2) is 18.2 Å². The standard InChI is InChI=1S/C15H17N3O4/c1-15(2)7-4-8-17(12(15)9-16)14(20)10-5-3-6-11(13(10)19)18(21)22/h3,5-6,12,19H,4,7-8H2,1-2H3. The van der Waals surface area contributed by atoms with Crippen molar-refractivity contribution in [1.29, 1.82) is 5.26 Å². The molecule has 1 amide bonds. The number of nitriles is 1. The van der Waals surface area contributed by atoms with Gasteiger partial charge in [0.1, 0.15) is 6.04 Å². The van der Waals surface area contributed by atoms with Crippen molar-refractivity contribution in [2.75, 3.05) is 6.54 Å². The molecule has 1 aromatic carbocycles. The van der Waals surface area contributed by atoms with Crippen molar-refractivity contribution in [3.63, 3.8) is 0 Å². The number of carbonyl (C=O) groups excluding carboxylic acids is 1. The quantitative estimate of drug-likeness (QED) is 0.667. The van der Waals surface area contributed by atoms with E-state index in [-0.39, 0.29) is 11.0 Å². The maximum absolute atomic E-state index is 12.6. The Morgan fingerprint density at radius 2 is 2.23 bits per heavy atom. The molecule has 0 bridgehead atoms. The summed E-state index contributed by atoms with van der Waals surface area (Å²) < 4.78 is 0. The van der Waals surface area contributed by atoms with E-state index in [0.29, 0.717) is 6.54 Å². The Bertz CT molecular complexity index is 663. The van der Waals surface area contributed by atoms with Gasteiger partial charge in [0.05, 0.1) is 16.6 Å². The van der Waals surface area contributed by atoms with Crippen LogP contribution in [0.2, 0.25) is 0 Å². The van der Waals surface area contributed by atoms with Crippen LogP contribution in [0.25, 0.3) is 0 Å². The molecule has 22 heavy (non-hydrogen) atoms. The molecule has 1 unspecified atom stereocenters. The third kappa shape index (κ3) is 2.60. The van der Waals surface area contributed by atoms with Crippen LogP contribution in [0, 0.1) is 26.9 Å². The highest BCUT2D eigenvalue weighted by Gasteiger charge is 2.41. The zero-order valence-electron chi connectivity index (χ0n) is 12.4. The lowest BCUT2D eigenvalue weighted by Gasteiger charge is -2.42. The summed E-state index contributed by atoms with van der Waals surface area (Å²) in [5, 5.41) is 30.2. The number of hydrogen-bond donors (Lipinski definition) is 1. The van der Waals surface area contributed by atoms with Crippen molar-refractivity contribution in [1.82, 2.24) is 4.90 Å². The van der Waals surface area contributed by atoms with Crippen molar-refractivity contribution in [2.45, 2.75) is 32.7 Å². The predicted octanol–water partition coefficient (Wildman–Crippen LogP) is 2.45. The Morgan fingerprint density at radius 3 is 2.82 bits per heavy atom. The average molecular weight is 303 g/mol. The van der Waals surface area contributed by atoms with Crippen LogP contribution in [0.1, 0.15) is 37.0 Å². The molecule has 7 nitrogen and oxygen atoms in total. The number of nitro benzene ring substituents is 1. The van der Waals surface area contributed by atoms with E-state index in [1.165, 1.54) is 17.0 Å². The molecule has 1 atom stereocenters. The Kier molecular flexibility index (Phi) is 4.04. The van der Waals surface area contributed by atoms with Crippen molar-refractivity contribution in [3.8, 4) is 11.8 Å². The summed E-state index contributed by atoms with van der Waals surface area (Å²) in [6.45, 7) is 4.21. The van der Waals surface area contributed by atoms with Gasteiger partial charge in [0.25, 0.3) is 5.91 Å². The van der Waals surface area contributed by atoms with Crippen molar-refractivity contribution in [3.05, 3.63) is 33.9 Å². The Balaban J connectivity index is 2.42. The van der Waals surface area contributed by atoms with Crippen LogP contribution >= 0.6 is 0 Å². The second-order valence-electron chi connectivity index (χ2n) is 6.05. The zero-order chi connectivity index (χ0) is 16.5. The molecule has 116 valence electrons. The van der Waals surface area contributed by atoms with Gasteiger partial charge in [0, 0.05) is 12.6 Å². The summed E-state index contributed by atoms with van der Waals surface area (Å²) in [6, 6.07) is 5.33. The van der Waals surface area contributed by atoms with E-state index < -0.39 is 28.3 Å². The molecule has 0 aromatic heterocycles. The highest BCUT2D eigenvalue weighted by atomic mass is 16.6. The van der Waals surface area contributed by atoms with Crippen LogP contribution in [0.4, 0.5) is 5.69 Å². The number of nitrogens with zero attached hydrogens (tertiary/aromatic N) is 3. The van der Waals surface area contributed by atoms with Gasteiger partial charge in [-0.25, -0.2) is 0 Å². The minimum Gasteiger partial charge on any atom is -0.502 e. The normalized spacial score (nSPS) is 20.2. The molecule has 1 aromatic rings. The van der Waals surface area contributed by atoms with Crippen LogP contribution in [-0.4, -0.2) is 33.4 Å². The molecular weight excluding hydrogens is 286 g/mol. The van der Waals surface area contributed by atoms with Crippen molar-refractivity contribution in [2.24, 2.45) is 5.41 Å². The molecule has 1 N–H and O–H groups in total. The van der Waals surface area contributed by atoms with Crippen LogP contribution < -0.4 is 0 Å². The first-order valence-electron chi connectivity index (χ1n) is 6.96. The highest BCUT2D eigenvalue weighted by Crippen LogP contribution is 2.37. The summed E-state index contributed by atoms with van der Waals surface area (Å²) in [5.41, 5.74) is -1.03. The SMILES string of the molecule is CC1(C)CCCN(C(=O)c2cccc([N+](=O)[O-])c2O)C1C#N. The van der Waals surface area contributed by atoms with Crippen LogP contribution in [0.5, 0.6) is 5.75 Å². The predicted molar refractivity (Wildman–Crippen MR) is 78.2 cm³/mol. The molecule has 1 heterocycles. The average Bonchev–Trinajstić information content (AvgIpc) is 2.45. The summed E-state index contributed by atoms with van der Waals surface area (Å²) in [6.07, 6.45) is 1.56. The number of benzene rings is 1. The largest absolute Gasteiger partial charge is 0.502 e. The Morgan fingerprint density at radius 1 is 1.55 bits per heavy atom. The number of phenolic OH excluding ortho intramolecular Hbond substituents is 1. The summed E-state index contributed by atoms with van der Waals surface area (Å²) in [7, 11) is 0. The minimum atomic E-state index is -0.742. The topological polar surface area (TPSA) is 107 Å². The van der Waals surface area contributed by atoms with Gasteiger partial charge in [-0.3, -0.25) is 14.9 Å². The molecule has 7 heteroatoms. The lowest BCUT2D eigenvalue weighted by atomic mass is 9.77. The van der Waals surface area contributed by atoms with E-state index in [1.54, 1.807) is 0 Å². The summed E-state index contributed by atoms with van der Waals surface area (Å²) in [5.74, 6) is -1.21. The molecule has 0 spiro atoms. The van der Waals surface area contributed by atoms with Gasteiger partial charge < -0.3 is 10.0 Å². The number of carbonyl (C=O) groups is 1. The molecule has 0 saturated carbocycles. The molecule has 1 fully saturated rings. The molecule has 2 rings (SSSR count). The fourth-order valence-electron chi connectivity index (χ4n) is 2.86. The zero-order valence-corrected chi connectivity index (χ0v) is 12.4. The van der Waals surface area contributed by atoms with Gasteiger partial charge in [0.15, 0.2) is 0 Å². The fourth-order valence-corrected chi connectivity index (χ4v) is 2.86. The number of nitro groups is 1. The van der Waals surface area contributed by atoms with Gasteiger partial charge in [-0.2, -0.15) is 5.26 Å². The van der Waals surface area contributed by atoms with E-state index >= 15 is 0 Å². The third-order valence-electron chi connectivity index (χ3n) is 4.10. The van der Waals surface area contributed by atoms with Gasteiger partial charge in [-0.05, 0) is 24.3 Å². The lowest BCUT2D eigenvalue weighted by Crippen LogP contribution is -2.51. The van der Waals surface area contributed by atoms with Crippen LogP contribution in [-0.2, 0) is 0 Å². The number of aromatic hydroxyl groups is 1. The van der Waals surface area contributed by atoms with E-state index in [0.717, 1.165) is 18.9 Å². The number of piperidine rings is 1. The van der Waals surface area contributed by atoms with Crippen molar-refractivity contribution < 1.29 is 14.8 Å². The number of para-hydroxylation sites is 1. The van der Waals surface area contributed by atoms with Crippen molar-refractivity contribution >= 4 is 11.6 Å². The molecular formula is C15H17N3O4. The highest BCUT2D eigenvalue weighted by molar-refractivity contribution is 5.98. The van der Waals surface area contributed by atoms with Gasteiger partial charge in [0.2, 0.25) is 5.75 Å². The van der Waals surface area contributed by atoms with E-state index in [1.807, 2.05) is 13.8 Å². The maximum atomic E-state index is 12.6. The molecule has 1 aliphatic heterocycles. The third-order valence-corrected chi connectivity index (χ3v) is 4.10. The monoisotopic (exact) mass is 303 g/mol. The van der Waals surface area contributed by atoms with Gasteiger partial charge in [-0.1, -0.05) is 19.9 Å². The molecule has 0 radical (unpaired) electrons. The maximum Gasteiger partial charge on any atom is 0.311 e. The summed E-state index contributed by atoms with van der Waals surface area (Å²) in [4.78, 5) is 24.2. The first-order valence-corrected chi connectivity index (χ1v) is 6.96. The van der Waals surface area contributed by atoms with Gasteiger partial charge >= 0.3 is 5.69 Å². The number of hydrogen-bond acceptors (Lipinski definition) is 5. The van der Waals surface area contributed by atoms with E-state index in [9.17, 15) is 25.3 Å². The van der Waals surface area contributed by atoms with Crippen LogP contribution in [0.3, 0.4) is 0 Å². The Hall–Kier alpha value is -2.62. The summed E-state index contributed by atoms with van der Waals surface area (Å²) >= 11 is 0. The second-order valence-corrected chi connectivity index (χ2v) is 6.05. The number of rotatable bonds is 2. The first-order chi connectivity index (χ1) is 10.3. The minimum absolute atomic E-state index is 0.146. The fraction of sp³-hybridized carbons (Fsp3) is 0.467. The smallest absolute Gasteiger partial charge is 0.311 e.